The molecule has 0 heterocycles. The van der Waals surface area contributed by atoms with E-state index in [0.29, 0.717) is 0 Å². The first-order valence-electron chi connectivity index (χ1n) is 4.98. The van der Waals surface area contributed by atoms with Crippen molar-refractivity contribution >= 4 is 21.7 Å². The third-order valence-electron chi connectivity index (χ3n) is 1.84. The molecule has 2 N–H and O–H groups in total. The second-order valence-corrected chi connectivity index (χ2v) is 5.05. The minimum Gasteiger partial charge on any atom is -0.506 e. The molecule has 0 aliphatic heterocycles. The van der Waals surface area contributed by atoms with Crippen molar-refractivity contribution in [1.29, 1.82) is 0 Å². The summed E-state index contributed by atoms with van der Waals surface area (Å²) in [7, 11) is -4.00. The zero-order valence-electron chi connectivity index (χ0n) is 9.51. The van der Waals surface area contributed by atoms with E-state index >= 15 is 0 Å². The topological polar surface area (TPSA) is 92.7 Å². The summed E-state index contributed by atoms with van der Waals surface area (Å²) in [4.78, 5) is 11.0. The van der Waals surface area contributed by atoms with Crippen LogP contribution in [0.4, 0.5) is 10.1 Å². The van der Waals surface area contributed by atoms with Crippen LogP contribution in [0, 0.1) is 5.82 Å². The average molecular weight is 277 g/mol. The van der Waals surface area contributed by atoms with Gasteiger partial charge in [-0.2, -0.15) is 0 Å². The van der Waals surface area contributed by atoms with Gasteiger partial charge in [-0.15, -0.1) is 0 Å². The van der Waals surface area contributed by atoms with Gasteiger partial charge in [0, 0.05) is 6.07 Å². The summed E-state index contributed by atoms with van der Waals surface area (Å²) in [5.74, 6) is -3.06. The van der Waals surface area contributed by atoms with Crippen LogP contribution in [0.3, 0.4) is 0 Å². The summed E-state index contributed by atoms with van der Waals surface area (Å²) in [5.41, 5.74) is -0.208. The number of anilines is 1. The quantitative estimate of drug-likeness (QED) is 0.614. The van der Waals surface area contributed by atoms with Crippen LogP contribution < -0.4 is 4.72 Å². The number of halogens is 1. The Morgan fingerprint density at radius 1 is 1.50 bits per heavy atom. The van der Waals surface area contributed by atoms with Gasteiger partial charge >= 0.3 is 5.97 Å². The lowest BCUT2D eigenvalue weighted by Crippen LogP contribution is -2.24. The Bertz CT molecular complexity index is 543. The van der Waals surface area contributed by atoms with Gasteiger partial charge in [0.15, 0.2) is 5.75 Å². The first-order chi connectivity index (χ1) is 8.34. The van der Waals surface area contributed by atoms with Crippen molar-refractivity contribution in [2.45, 2.75) is 6.92 Å². The monoisotopic (exact) mass is 277 g/mol. The van der Waals surface area contributed by atoms with E-state index in [1.807, 2.05) is 4.72 Å². The van der Waals surface area contributed by atoms with Crippen LogP contribution in [-0.4, -0.2) is 31.9 Å². The number of ether oxygens (including phenoxy) is 1. The highest BCUT2D eigenvalue weighted by atomic mass is 32.2. The predicted molar refractivity (Wildman–Crippen MR) is 62.1 cm³/mol. The number of phenols is 1. The van der Waals surface area contributed by atoms with E-state index in [4.69, 9.17) is 0 Å². The Morgan fingerprint density at radius 2 is 2.17 bits per heavy atom. The molecule has 6 nitrogen and oxygen atoms in total. The van der Waals surface area contributed by atoms with E-state index in [0.717, 1.165) is 18.2 Å². The minimum absolute atomic E-state index is 0.0656. The van der Waals surface area contributed by atoms with Crippen LogP contribution in [-0.2, 0) is 19.6 Å². The summed E-state index contributed by atoms with van der Waals surface area (Å²) in [5, 5.41) is 9.31. The summed E-state index contributed by atoms with van der Waals surface area (Å²) in [6.45, 7) is 1.61. The third kappa shape index (κ3) is 4.21. The fourth-order valence-electron chi connectivity index (χ4n) is 1.15. The van der Waals surface area contributed by atoms with Gasteiger partial charge in [0.25, 0.3) is 0 Å². The second-order valence-electron chi connectivity index (χ2n) is 3.33. The molecule has 0 atom stereocenters. The zero-order chi connectivity index (χ0) is 13.8. The molecule has 1 rings (SSSR count). The lowest BCUT2D eigenvalue weighted by atomic mass is 10.3. The van der Waals surface area contributed by atoms with Crippen molar-refractivity contribution in [3.8, 4) is 5.75 Å². The van der Waals surface area contributed by atoms with Crippen LogP contribution in [0.2, 0.25) is 0 Å². The van der Waals surface area contributed by atoms with Gasteiger partial charge in [-0.25, -0.2) is 12.8 Å². The molecule has 18 heavy (non-hydrogen) atoms. The van der Waals surface area contributed by atoms with Crippen molar-refractivity contribution in [1.82, 2.24) is 0 Å². The van der Waals surface area contributed by atoms with Gasteiger partial charge < -0.3 is 9.84 Å². The molecule has 0 amide bonds. The number of aromatic hydroxyl groups is 1. The molecule has 0 bridgehead atoms. The molecule has 1 aromatic carbocycles. The van der Waals surface area contributed by atoms with E-state index in [1.165, 1.54) is 0 Å². The van der Waals surface area contributed by atoms with Crippen molar-refractivity contribution in [2.75, 3.05) is 17.1 Å². The number of hydrogen-bond donors (Lipinski definition) is 2. The first-order valence-corrected chi connectivity index (χ1v) is 6.64. The van der Waals surface area contributed by atoms with Gasteiger partial charge in [0.2, 0.25) is 10.0 Å². The molecular formula is C10H12FNO5S. The van der Waals surface area contributed by atoms with E-state index in [2.05, 4.69) is 4.74 Å². The van der Waals surface area contributed by atoms with Gasteiger partial charge in [-0.1, -0.05) is 0 Å². The maximum atomic E-state index is 12.7. The molecule has 8 heteroatoms. The molecule has 0 spiro atoms. The van der Waals surface area contributed by atoms with Crippen molar-refractivity contribution in [3.05, 3.63) is 24.0 Å². The predicted octanol–water partition coefficient (Wildman–Crippen LogP) is 0.836. The number of hydrogen-bond acceptors (Lipinski definition) is 5. The van der Waals surface area contributed by atoms with Gasteiger partial charge in [-0.05, 0) is 19.1 Å². The molecule has 0 aromatic heterocycles. The summed E-state index contributed by atoms with van der Waals surface area (Å²) < 4.78 is 42.1. The highest BCUT2D eigenvalue weighted by Gasteiger charge is 2.18. The lowest BCUT2D eigenvalue weighted by molar-refractivity contribution is -0.139. The van der Waals surface area contributed by atoms with Crippen molar-refractivity contribution < 1.29 is 27.4 Å². The number of nitrogens with one attached hydrogen (secondary N) is 1. The SMILES string of the molecule is CCOC(=O)CS(=O)(=O)Nc1ccc(F)cc1O. The molecule has 0 aliphatic rings. The summed E-state index contributed by atoms with van der Waals surface area (Å²) >= 11 is 0. The number of sulfonamides is 1. The van der Waals surface area contributed by atoms with E-state index in [1.54, 1.807) is 6.92 Å². The van der Waals surface area contributed by atoms with Crippen LogP contribution in [0.25, 0.3) is 0 Å². The van der Waals surface area contributed by atoms with Gasteiger partial charge in [0.1, 0.15) is 11.6 Å². The van der Waals surface area contributed by atoms with Gasteiger partial charge in [-0.3, -0.25) is 9.52 Å². The van der Waals surface area contributed by atoms with Crippen LogP contribution in [0.5, 0.6) is 5.75 Å². The average Bonchev–Trinajstić information content (AvgIpc) is 2.21. The maximum absolute atomic E-state index is 12.7. The lowest BCUT2D eigenvalue weighted by Gasteiger charge is -2.09. The molecule has 0 aliphatic carbocycles. The molecular weight excluding hydrogens is 265 g/mol. The summed E-state index contributed by atoms with van der Waals surface area (Å²) in [6, 6.07) is 2.78. The third-order valence-corrected chi connectivity index (χ3v) is 2.99. The minimum atomic E-state index is -4.00. The zero-order valence-corrected chi connectivity index (χ0v) is 10.3. The largest absolute Gasteiger partial charge is 0.506 e. The number of carbonyl (C=O) groups excluding carboxylic acids is 1. The summed E-state index contributed by atoms with van der Waals surface area (Å²) in [6.07, 6.45) is 0. The van der Waals surface area contributed by atoms with Crippen LogP contribution >= 0.6 is 0 Å². The number of benzene rings is 1. The number of phenolic OH excluding ortho intramolecular Hbond substituents is 1. The normalized spacial score (nSPS) is 11.0. The molecule has 100 valence electrons. The molecule has 0 unspecified atom stereocenters. The van der Waals surface area contributed by atoms with Crippen molar-refractivity contribution in [2.24, 2.45) is 0 Å². The fraction of sp³-hybridized carbons (Fsp3) is 0.300. The molecule has 0 saturated heterocycles. The number of rotatable bonds is 5. The fourth-order valence-corrected chi connectivity index (χ4v) is 2.13. The smallest absolute Gasteiger partial charge is 0.323 e. The number of carbonyl (C=O) groups is 1. The number of esters is 1. The molecule has 1 aromatic rings. The van der Waals surface area contributed by atoms with Gasteiger partial charge in [0.05, 0.1) is 12.3 Å². The Morgan fingerprint density at radius 3 is 2.72 bits per heavy atom. The maximum Gasteiger partial charge on any atom is 0.323 e. The Labute approximate surface area is 103 Å². The Hall–Kier alpha value is -1.83. The highest BCUT2D eigenvalue weighted by Crippen LogP contribution is 2.24. The molecule has 0 radical (unpaired) electrons. The van der Waals surface area contributed by atoms with Crippen molar-refractivity contribution in [3.63, 3.8) is 0 Å². The van der Waals surface area contributed by atoms with Crippen LogP contribution in [0.15, 0.2) is 18.2 Å². The Balaban J connectivity index is 2.79. The Kier molecular flexibility index (Phi) is 4.49. The standard InChI is InChI=1S/C10H12FNO5S/c1-2-17-10(14)6-18(15,16)12-8-4-3-7(11)5-9(8)13/h3-5,12-13H,2,6H2,1H3. The van der Waals surface area contributed by atoms with E-state index < -0.39 is 33.3 Å². The highest BCUT2D eigenvalue weighted by molar-refractivity contribution is 7.93. The molecule has 0 fully saturated rings. The van der Waals surface area contributed by atoms with E-state index in [9.17, 15) is 22.7 Å². The second kappa shape index (κ2) is 5.67. The first kappa shape index (κ1) is 14.2. The molecule has 0 saturated carbocycles. The van der Waals surface area contributed by atoms with E-state index in [-0.39, 0.29) is 12.3 Å². The van der Waals surface area contributed by atoms with Crippen LogP contribution in [0.1, 0.15) is 6.92 Å².